The summed E-state index contributed by atoms with van der Waals surface area (Å²) in [6.07, 6.45) is 4.52. The molecule has 1 aliphatic carbocycles. The highest BCUT2D eigenvalue weighted by Crippen LogP contribution is 2.40. The number of benzene rings is 1. The summed E-state index contributed by atoms with van der Waals surface area (Å²) in [5.41, 5.74) is -0.459. The normalized spacial score (nSPS) is 18.6. The van der Waals surface area contributed by atoms with Crippen LogP contribution in [0, 0.1) is 11.8 Å². The summed E-state index contributed by atoms with van der Waals surface area (Å²) in [6.45, 7) is 12.2. The summed E-state index contributed by atoms with van der Waals surface area (Å²) in [4.78, 5) is 16.8. The molecule has 0 bridgehead atoms. The molecule has 1 aromatic carbocycles. The van der Waals surface area contributed by atoms with Gasteiger partial charge in [0.2, 0.25) is 0 Å². The lowest BCUT2D eigenvalue weighted by Gasteiger charge is -2.35. The van der Waals surface area contributed by atoms with Crippen LogP contribution in [0.5, 0.6) is 5.75 Å². The maximum Gasteiger partial charge on any atom is 0.410 e. The van der Waals surface area contributed by atoms with E-state index in [1.54, 1.807) is 30.0 Å². The number of ether oxygens (including phenoxy) is 2. The molecule has 3 rings (SSSR count). The summed E-state index contributed by atoms with van der Waals surface area (Å²) >= 11 is 3.47. The lowest BCUT2D eigenvalue weighted by molar-refractivity contribution is 0.0142. The van der Waals surface area contributed by atoms with Gasteiger partial charge in [-0.25, -0.2) is 13.2 Å². The first-order chi connectivity index (χ1) is 16.0. The second-order valence-corrected chi connectivity index (χ2v) is 13.5. The third-order valence-electron chi connectivity index (χ3n) is 6.46. The summed E-state index contributed by atoms with van der Waals surface area (Å²) in [5, 5.41) is 0. The van der Waals surface area contributed by atoms with Crippen LogP contribution in [0.4, 0.5) is 4.79 Å². The van der Waals surface area contributed by atoms with Gasteiger partial charge in [0.05, 0.1) is 21.7 Å². The van der Waals surface area contributed by atoms with E-state index in [9.17, 15) is 13.2 Å². The van der Waals surface area contributed by atoms with Gasteiger partial charge in [-0.05, 0) is 99.0 Å². The van der Waals surface area contributed by atoms with Crippen LogP contribution < -0.4 is 4.74 Å². The molecule has 0 radical (unpaired) electrons. The number of carbonyl (C=O) groups excluding carboxylic acids is 1. The predicted molar refractivity (Wildman–Crippen MR) is 137 cm³/mol. The van der Waals surface area contributed by atoms with Gasteiger partial charge in [0.1, 0.15) is 11.4 Å². The minimum Gasteiger partial charge on any atom is -0.492 e. The lowest BCUT2D eigenvalue weighted by Crippen LogP contribution is -2.50. The van der Waals surface area contributed by atoms with Gasteiger partial charge in [-0.3, -0.25) is 4.90 Å². The van der Waals surface area contributed by atoms with Gasteiger partial charge in [0.15, 0.2) is 9.84 Å². The van der Waals surface area contributed by atoms with Gasteiger partial charge in [-0.2, -0.15) is 0 Å². The Bertz CT molecular complexity index is 935. The number of halogens is 1. The molecular formula is C25H39BrN2O5S. The number of rotatable bonds is 10. The minimum absolute atomic E-state index is 0.0828. The van der Waals surface area contributed by atoms with Crippen LogP contribution >= 0.6 is 15.9 Å². The smallest absolute Gasteiger partial charge is 0.410 e. The van der Waals surface area contributed by atoms with E-state index in [4.69, 9.17) is 9.47 Å². The number of hydrogen-bond donors (Lipinski definition) is 0. The van der Waals surface area contributed by atoms with Crippen molar-refractivity contribution in [2.24, 2.45) is 11.8 Å². The van der Waals surface area contributed by atoms with Crippen LogP contribution in [0.3, 0.4) is 0 Å². The Balaban J connectivity index is 1.42. The molecule has 1 saturated heterocycles. The first kappa shape index (κ1) is 27.3. The van der Waals surface area contributed by atoms with E-state index in [1.807, 2.05) is 20.8 Å². The zero-order valence-corrected chi connectivity index (χ0v) is 23.3. The Labute approximate surface area is 213 Å². The van der Waals surface area contributed by atoms with Crippen molar-refractivity contribution in [1.29, 1.82) is 0 Å². The average Bonchev–Trinajstić information content (AvgIpc) is 3.61. The molecule has 9 heteroatoms. The van der Waals surface area contributed by atoms with E-state index >= 15 is 0 Å². The molecule has 1 atom stereocenters. The number of piperazine rings is 1. The maximum absolute atomic E-state index is 12.2. The Morgan fingerprint density at radius 2 is 1.85 bits per heavy atom. The number of amides is 1. The fourth-order valence-corrected chi connectivity index (χ4v) is 5.79. The standard InChI is InChI=1S/C25H39BrN2O5S/c1-5-34(30,31)21-10-11-23(22(26)17-21)32-18-20(19-8-9-19)7-6-12-27-13-15-28(16-14-27)24(29)33-25(2,3)4/h10-11,17,19-20H,5-9,12-16,18H2,1-4H3. The third-order valence-corrected chi connectivity index (χ3v) is 8.81. The van der Waals surface area contributed by atoms with E-state index in [0.29, 0.717) is 40.7 Å². The molecule has 34 heavy (non-hydrogen) atoms. The highest BCUT2D eigenvalue weighted by atomic mass is 79.9. The Hall–Kier alpha value is -1.32. The van der Waals surface area contributed by atoms with Gasteiger partial charge >= 0.3 is 6.09 Å². The van der Waals surface area contributed by atoms with Gasteiger partial charge in [0.25, 0.3) is 0 Å². The third kappa shape index (κ3) is 8.12. The molecule has 1 saturated carbocycles. The van der Waals surface area contributed by atoms with Crippen molar-refractivity contribution in [2.45, 2.75) is 63.9 Å². The maximum atomic E-state index is 12.2. The topological polar surface area (TPSA) is 76.2 Å². The minimum atomic E-state index is -3.23. The van der Waals surface area contributed by atoms with Crippen molar-refractivity contribution >= 4 is 31.9 Å². The SMILES string of the molecule is CCS(=O)(=O)c1ccc(OCC(CCCN2CCN(C(=O)OC(C)(C)C)CC2)C2CC2)c(Br)c1. The van der Waals surface area contributed by atoms with Crippen LogP contribution in [0.1, 0.15) is 53.4 Å². The first-order valence-electron chi connectivity index (χ1n) is 12.3. The molecular weight excluding hydrogens is 520 g/mol. The van der Waals surface area contributed by atoms with Gasteiger partial charge < -0.3 is 14.4 Å². The molecule has 192 valence electrons. The summed E-state index contributed by atoms with van der Waals surface area (Å²) in [6, 6.07) is 5.01. The number of sulfone groups is 1. The largest absolute Gasteiger partial charge is 0.492 e. The van der Waals surface area contributed by atoms with E-state index in [-0.39, 0.29) is 11.8 Å². The Kier molecular flexibility index (Phi) is 9.31. The summed E-state index contributed by atoms with van der Waals surface area (Å²) < 4.78 is 36.5. The van der Waals surface area contributed by atoms with Gasteiger partial charge in [0, 0.05) is 26.2 Å². The van der Waals surface area contributed by atoms with Crippen LogP contribution in [-0.2, 0) is 14.6 Å². The second-order valence-electron chi connectivity index (χ2n) is 10.4. The van der Waals surface area contributed by atoms with Gasteiger partial charge in [-0.15, -0.1) is 0 Å². The van der Waals surface area contributed by atoms with Crippen molar-refractivity contribution in [3.63, 3.8) is 0 Å². The molecule has 0 aromatic heterocycles. The zero-order valence-electron chi connectivity index (χ0n) is 20.9. The van der Waals surface area contributed by atoms with E-state index in [1.165, 1.54) is 12.8 Å². The van der Waals surface area contributed by atoms with Crippen molar-refractivity contribution in [3.8, 4) is 5.75 Å². The monoisotopic (exact) mass is 558 g/mol. The molecule has 1 unspecified atom stereocenters. The summed E-state index contributed by atoms with van der Waals surface area (Å²) in [7, 11) is -3.23. The predicted octanol–water partition coefficient (Wildman–Crippen LogP) is 4.98. The van der Waals surface area contributed by atoms with E-state index in [0.717, 1.165) is 38.4 Å². The van der Waals surface area contributed by atoms with Crippen LogP contribution in [0.15, 0.2) is 27.6 Å². The molecule has 7 nitrogen and oxygen atoms in total. The molecule has 2 fully saturated rings. The van der Waals surface area contributed by atoms with Crippen molar-refractivity contribution in [2.75, 3.05) is 45.1 Å². The van der Waals surface area contributed by atoms with Crippen LogP contribution in [-0.4, -0.2) is 75.0 Å². The summed E-state index contributed by atoms with van der Waals surface area (Å²) in [5.74, 6) is 2.01. The molecule has 1 aliphatic heterocycles. The number of carbonyl (C=O) groups is 1. The van der Waals surface area contributed by atoms with Crippen molar-refractivity contribution in [1.82, 2.24) is 9.80 Å². The fourth-order valence-electron chi connectivity index (χ4n) is 4.24. The van der Waals surface area contributed by atoms with E-state index < -0.39 is 15.4 Å². The van der Waals surface area contributed by atoms with Crippen molar-refractivity contribution < 1.29 is 22.7 Å². The molecule has 0 N–H and O–H groups in total. The quantitative estimate of drug-likeness (QED) is 0.403. The Morgan fingerprint density at radius 1 is 1.18 bits per heavy atom. The molecule has 0 spiro atoms. The molecule has 1 aromatic rings. The zero-order chi connectivity index (χ0) is 24.9. The molecule has 1 heterocycles. The Morgan fingerprint density at radius 3 is 2.41 bits per heavy atom. The fraction of sp³-hybridized carbons (Fsp3) is 0.720. The second kappa shape index (κ2) is 11.6. The highest BCUT2D eigenvalue weighted by Gasteiger charge is 2.32. The van der Waals surface area contributed by atoms with E-state index in [2.05, 4.69) is 20.8 Å². The number of hydrogen-bond acceptors (Lipinski definition) is 6. The van der Waals surface area contributed by atoms with Crippen molar-refractivity contribution in [3.05, 3.63) is 22.7 Å². The van der Waals surface area contributed by atoms with Crippen LogP contribution in [0.2, 0.25) is 0 Å². The molecule has 1 amide bonds. The molecule has 2 aliphatic rings. The number of nitrogens with zero attached hydrogens (tertiary/aromatic N) is 2. The first-order valence-corrected chi connectivity index (χ1v) is 14.8. The van der Waals surface area contributed by atoms with Gasteiger partial charge in [-0.1, -0.05) is 6.92 Å². The average molecular weight is 560 g/mol. The highest BCUT2D eigenvalue weighted by molar-refractivity contribution is 9.10. The lowest BCUT2D eigenvalue weighted by atomic mass is 9.98. The van der Waals surface area contributed by atoms with Crippen LogP contribution in [0.25, 0.3) is 0 Å².